The molecule has 0 aromatic heterocycles. The van der Waals surface area contributed by atoms with Crippen molar-refractivity contribution in [2.45, 2.75) is 51.2 Å². The van der Waals surface area contributed by atoms with Gasteiger partial charge in [0.25, 0.3) is 0 Å². The number of piperazine rings is 1. The zero-order chi connectivity index (χ0) is 26.0. The van der Waals surface area contributed by atoms with Crippen LogP contribution in [-0.2, 0) is 44.7 Å². The van der Waals surface area contributed by atoms with Gasteiger partial charge in [-0.2, -0.15) is 0 Å². The molecule has 4 atom stereocenters. The molecule has 0 spiro atoms. The number of rotatable bonds is 12. The second-order valence-corrected chi connectivity index (χ2v) is 7.77. The smallest absolute Gasteiger partial charge is 0.327 e. The highest BCUT2D eigenvalue weighted by Gasteiger charge is 2.40. The molecule has 12 nitrogen and oxygen atoms in total. The lowest BCUT2D eigenvalue weighted by Crippen LogP contribution is -2.63. The van der Waals surface area contributed by atoms with Crippen LogP contribution >= 0.6 is 0 Å². The molecule has 0 bridgehead atoms. The number of aliphatic carboxylic acids is 1. The van der Waals surface area contributed by atoms with E-state index < -0.39 is 72.5 Å². The topological polar surface area (TPSA) is 177 Å². The van der Waals surface area contributed by atoms with Gasteiger partial charge in [0.05, 0.1) is 32.0 Å². The lowest BCUT2D eigenvalue weighted by atomic mass is 9.95. The van der Waals surface area contributed by atoms with Crippen LogP contribution in [0.3, 0.4) is 0 Å². The van der Waals surface area contributed by atoms with E-state index in [4.69, 9.17) is 9.47 Å². The van der Waals surface area contributed by atoms with E-state index in [9.17, 15) is 33.9 Å². The maximum absolute atomic E-state index is 12.6. The molecule has 1 aromatic rings. The average Bonchev–Trinajstić information content (AvgIpc) is 2.80. The predicted molar refractivity (Wildman–Crippen MR) is 120 cm³/mol. The molecule has 0 unspecified atom stereocenters. The second kappa shape index (κ2) is 13.1. The van der Waals surface area contributed by atoms with Gasteiger partial charge in [-0.15, -0.1) is 0 Å². The van der Waals surface area contributed by atoms with Crippen LogP contribution < -0.4 is 16.0 Å². The van der Waals surface area contributed by atoms with Gasteiger partial charge < -0.3 is 30.5 Å². The van der Waals surface area contributed by atoms with Crippen LogP contribution in [0.2, 0.25) is 0 Å². The van der Waals surface area contributed by atoms with E-state index in [2.05, 4.69) is 16.0 Å². The van der Waals surface area contributed by atoms with Crippen molar-refractivity contribution in [2.24, 2.45) is 5.92 Å². The Labute approximate surface area is 201 Å². The Bertz CT molecular complexity index is 951. The molecule has 1 aliphatic rings. The molecule has 1 aromatic carbocycles. The first-order valence-electron chi connectivity index (χ1n) is 11.1. The molecule has 1 heterocycles. The van der Waals surface area contributed by atoms with Crippen molar-refractivity contribution < 1.29 is 43.3 Å². The fraction of sp³-hybridized carbons (Fsp3) is 0.478. The van der Waals surface area contributed by atoms with Crippen LogP contribution in [0.4, 0.5) is 0 Å². The largest absolute Gasteiger partial charge is 0.480 e. The van der Waals surface area contributed by atoms with Gasteiger partial charge in [0, 0.05) is 6.42 Å². The molecule has 35 heavy (non-hydrogen) atoms. The van der Waals surface area contributed by atoms with Crippen molar-refractivity contribution in [3.05, 3.63) is 35.9 Å². The summed E-state index contributed by atoms with van der Waals surface area (Å²) in [5, 5.41) is 16.8. The Balaban J connectivity index is 2.04. The van der Waals surface area contributed by atoms with E-state index >= 15 is 0 Å². The van der Waals surface area contributed by atoms with E-state index in [1.165, 1.54) is 6.92 Å². The molecule has 1 saturated heterocycles. The summed E-state index contributed by atoms with van der Waals surface area (Å²) in [6.45, 7) is 2.99. The molecular formula is C23H29N3O9. The summed E-state index contributed by atoms with van der Waals surface area (Å²) in [4.78, 5) is 73.5. The number of amides is 3. The van der Waals surface area contributed by atoms with Crippen LogP contribution in [0.1, 0.15) is 32.3 Å². The minimum absolute atomic E-state index is 0.0141. The zero-order valence-corrected chi connectivity index (χ0v) is 19.4. The van der Waals surface area contributed by atoms with Crippen molar-refractivity contribution in [1.29, 1.82) is 0 Å². The summed E-state index contributed by atoms with van der Waals surface area (Å²) in [6, 6.07) is 5.15. The van der Waals surface area contributed by atoms with Gasteiger partial charge in [0.1, 0.15) is 18.1 Å². The maximum atomic E-state index is 12.6. The van der Waals surface area contributed by atoms with Gasteiger partial charge in [-0.05, 0) is 19.4 Å². The fourth-order valence-electron chi connectivity index (χ4n) is 3.55. The number of ether oxygens (including phenoxy) is 2. The molecule has 0 aliphatic carbocycles. The number of benzene rings is 1. The molecular weight excluding hydrogens is 462 g/mol. The molecule has 0 radical (unpaired) electrons. The molecule has 4 N–H and O–H groups in total. The predicted octanol–water partition coefficient (Wildman–Crippen LogP) is -0.696. The molecule has 2 rings (SSSR count). The molecule has 0 saturated carbocycles. The van der Waals surface area contributed by atoms with Gasteiger partial charge in [0.15, 0.2) is 0 Å². The van der Waals surface area contributed by atoms with Crippen LogP contribution in [-0.4, -0.2) is 72.1 Å². The monoisotopic (exact) mass is 491 g/mol. The van der Waals surface area contributed by atoms with E-state index in [1.54, 1.807) is 31.2 Å². The van der Waals surface area contributed by atoms with Crippen molar-refractivity contribution in [2.75, 3.05) is 13.2 Å². The van der Waals surface area contributed by atoms with E-state index in [0.717, 1.165) is 5.56 Å². The maximum Gasteiger partial charge on any atom is 0.327 e. The number of carboxylic acids is 1. The SMILES string of the molecule is CCOC(=O)C[C@@H](C(=O)OCC)[C@H](NC(=O)C[C@@H]1NC(=O)[C@H](Cc2ccccc2)NC1=O)C(=O)O. The van der Waals surface area contributed by atoms with Crippen molar-refractivity contribution in [3.63, 3.8) is 0 Å². The van der Waals surface area contributed by atoms with Gasteiger partial charge in [-0.25, -0.2) is 4.79 Å². The van der Waals surface area contributed by atoms with Crippen molar-refractivity contribution in [3.8, 4) is 0 Å². The standard InChI is InChI=1S/C23H29N3O9/c1-3-34-18(28)11-14(23(33)35-4-2)19(22(31)32)26-17(27)12-16-21(30)24-15(20(29)25-16)10-13-8-6-5-7-9-13/h5-9,14-16,19H,3-4,10-12H2,1-2H3,(H,24,30)(H,25,29)(H,26,27)(H,31,32)/t14-,15+,16+,19+/m1/s1. The number of carbonyl (C=O) groups excluding carboxylic acids is 5. The number of hydrogen-bond acceptors (Lipinski definition) is 8. The Morgan fingerprint density at radius 1 is 0.971 bits per heavy atom. The summed E-state index contributed by atoms with van der Waals surface area (Å²) < 4.78 is 9.64. The summed E-state index contributed by atoms with van der Waals surface area (Å²) >= 11 is 0. The van der Waals surface area contributed by atoms with Gasteiger partial charge in [-0.1, -0.05) is 30.3 Å². The van der Waals surface area contributed by atoms with Crippen LogP contribution in [0.5, 0.6) is 0 Å². The first kappa shape index (κ1) is 27.3. The van der Waals surface area contributed by atoms with Gasteiger partial charge in [0.2, 0.25) is 17.7 Å². The minimum Gasteiger partial charge on any atom is -0.480 e. The lowest BCUT2D eigenvalue weighted by molar-refractivity contribution is -0.160. The van der Waals surface area contributed by atoms with Crippen LogP contribution in [0.25, 0.3) is 0 Å². The molecule has 1 aliphatic heterocycles. The highest BCUT2D eigenvalue weighted by atomic mass is 16.5. The third-order valence-electron chi connectivity index (χ3n) is 5.20. The van der Waals surface area contributed by atoms with Crippen molar-refractivity contribution >= 4 is 35.6 Å². The summed E-state index contributed by atoms with van der Waals surface area (Å²) in [6.07, 6.45) is -0.951. The third-order valence-corrected chi connectivity index (χ3v) is 5.20. The normalized spacial score (nSPS) is 18.9. The summed E-state index contributed by atoms with van der Waals surface area (Å²) in [5.41, 5.74) is 0.833. The first-order valence-corrected chi connectivity index (χ1v) is 11.1. The molecule has 1 fully saturated rings. The highest BCUT2D eigenvalue weighted by Crippen LogP contribution is 2.15. The van der Waals surface area contributed by atoms with Gasteiger partial charge >= 0.3 is 17.9 Å². The van der Waals surface area contributed by atoms with E-state index in [1.807, 2.05) is 6.07 Å². The zero-order valence-electron chi connectivity index (χ0n) is 19.4. The Morgan fingerprint density at radius 2 is 1.57 bits per heavy atom. The molecule has 3 amide bonds. The Hall–Kier alpha value is -3.96. The van der Waals surface area contributed by atoms with Gasteiger partial charge in [-0.3, -0.25) is 24.0 Å². The fourth-order valence-corrected chi connectivity index (χ4v) is 3.55. The lowest BCUT2D eigenvalue weighted by Gasteiger charge is -2.30. The second-order valence-electron chi connectivity index (χ2n) is 7.77. The van der Waals surface area contributed by atoms with Crippen LogP contribution in [0.15, 0.2) is 30.3 Å². The average molecular weight is 491 g/mol. The first-order chi connectivity index (χ1) is 16.7. The quantitative estimate of drug-likeness (QED) is 0.275. The number of nitrogens with one attached hydrogen (secondary N) is 3. The number of carboxylic acid groups (broad SMARTS) is 1. The summed E-state index contributed by atoms with van der Waals surface area (Å²) in [7, 11) is 0. The van der Waals surface area contributed by atoms with Crippen LogP contribution in [0, 0.1) is 5.92 Å². The number of esters is 2. The summed E-state index contributed by atoms with van der Waals surface area (Å²) in [5.74, 6) is -7.00. The third kappa shape index (κ3) is 8.09. The van der Waals surface area contributed by atoms with E-state index in [0.29, 0.717) is 0 Å². The highest BCUT2D eigenvalue weighted by molar-refractivity contribution is 6.00. The molecule has 190 valence electrons. The minimum atomic E-state index is -1.82. The van der Waals surface area contributed by atoms with E-state index in [-0.39, 0.29) is 19.6 Å². The Kier molecular flexibility index (Phi) is 10.2. The molecule has 12 heteroatoms. The van der Waals surface area contributed by atoms with Crippen molar-refractivity contribution in [1.82, 2.24) is 16.0 Å². The number of carbonyl (C=O) groups is 6. The Morgan fingerprint density at radius 3 is 2.17 bits per heavy atom. The number of hydrogen-bond donors (Lipinski definition) is 4.